The lowest BCUT2D eigenvalue weighted by molar-refractivity contribution is -0.386. The highest BCUT2D eigenvalue weighted by Gasteiger charge is 2.52. The van der Waals surface area contributed by atoms with E-state index in [1.165, 1.54) is 12.3 Å². The van der Waals surface area contributed by atoms with Gasteiger partial charge in [0, 0.05) is 29.4 Å². The van der Waals surface area contributed by atoms with E-state index in [4.69, 9.17) is 32.9 Å². The van der Waals surface area contributed by atoms with Crippen molar-refractivity contribution >= 4 is 19.9 Å². The van der Waals surface area contributed by atoms with E-state index in [0.29, 0.717) is 29.9 Å². The van der Waals surface area contributed by atoms with Crippen molar-refractivity contribution < 1.29 is 47.8 Å². The van der Waals surface area contributed by atoms with Crippen LogP contribution in [0.5, 0.6) is 11.5 Å². The Labute approximate surface area is 426 Å². The van der Waals surface area contributed by atoms with Crippen LogP contribution in [0.3, 0.4) is 0 Å². The SMILES string of the molecule is COc1ccc(C(OCC2OC(n3cc(C(=O)NC4CC(C)(C)N(OCOCc5ccccc5[N+](=O)[O-])C(C)(C)C4)c(=O)[nH]c3=O)C(O[Si](C)(C)C(C)(C)C)C2O)(c2ccccc2)c2ccc(OC)cc2)cc1. The number of nitro benzene ring substituents is 1. The van der Waals surface area contributed by atoms with E-state index >= 15 is 0 Å². The predicted octanol–water partition coefficient (Wildman–Crippen LogP) is 7.98. The van der Waals surface area contributed by atoms with Crippen LogP contribution >= 0.6 is 0 Å². The molecule has 18 nitrogen and oxygen atoms in total. The van der Waals surface area contributed by atoms with Gasteiger partial charge in [0.1, 0.15) is 41.0 Å². The summed E-state index contributed by atoms with van der Waals surface area (Å²) < 4.78 is 38.7. The zero-order valence-corrected chi connectivity index (χ0v) is 44.5. The lowest BCUT2D eigenvalue weighted by atomic mass is 9.79. The first-order valence-electron chi connectivity index (χ1n) is 24.3. The molecule has 392 valence electrons. The minimum atomic E-state index is -2.73. The van der Waals surface area contributed by atoms with Gasteiger partial charge < -0.3 is 38.5 Å². The number of aromatic amines is 1. The molecule has 0 radical (unpaired) electrons. The second-order valence-corrected chi connectivity index (χ2v) is 26.2. The first-order chi connectivity index (χ1) is 34.4. The molecule has 0 spiro atoms. The highest BCUT2D eigenvalue weighted by Crippen LogP contribution is 2.45. The highest BCUT2D eigenvalue weighted by atomic mass is 28.4. The monoisotopic (exact) mass is 1020 g/mol. The van der Waals surface area contributed by atoms with Crippen molar-refractivity contribution in [2.45, 2.75) is 133 Å². The predicted molar refractivity (Wildman–Crippen MR) is 276 cm³/mol. The number of H-pyrrole nitrogens is 1. The van der Waals surface area contributed by atoms with E-state index in [0.717, 1.165) is 21.3 Å². The fourth-order valence-corrected chi connectivity index (χ4v) is 11.2. The van der Waals surface area contributed by atoms with Crippen molar-refractivity contribution in [3.05, 3.63) is 168 Å². The van der Waals surface area contributed by atoms with E-state index in [1.807, 2.05) is 120 Å². The number of nitro groups is 1. The average molecular weight is 1020 g/mol. The van der Waals surface area contributed by atoms with Crippen molar-refractivity contribution in [3.8, 4) is 11.5 Å². The number of nitrogens with one attached hydrogen (secondary N) is 2. The zero-order chi connectivity index (χ0) is 53.1. The van der Waals surface area contributed by atoms with Gasteiger partial charge in [0.15, 0.2) is 21.3 Å². The van der Waals surface area contributed by atoms with Crippen LogP contribution in [0.15, 0.2) is 119 Å². The van der Waals surface area contributed by atoms with E-state index < -0.39 is 77.7 Å². The Hall–Kier alpha value is -6.03. The van der Waals surface area contributed by atoms with E-state index in [2.05, 4.69) is 31.1 Å². The molecule has 0 saturated carbocycles. The fraction of sp³-hybridized carbons (Fsp3) is 0.463. The number of para-hydroxylation sites is 1. The average Bonchev–Trinajstić information content (AvgIpc) is 3.63. The summed E-state index contributed by atoms with van der Waals surface area (Å²) in [5, 5.41) is 28.4. The molecule has 3 heterocycles. The lowest BCUT2D eigenvalue weighted by Crippen LogP contribution is -2.64. The molecule has 0 aliphatic carbocycles. The minimum Gasteiger partial charge on any atom is -0.497 e. The lowest BCUT2D eigenvalue weighted by Gasteiger charge is -2.53. The van der Waals surface area contributed by atoms with Gasteiger partial charge in [-0.05, 0) is 106 Å². The topological polar surface area (TPSA) is 215 Å². The van der Waals surface area contributed by atoms with Crippen LogP contribution in [-0.4, -0.2) is 102 Å². The van der Waals surface area contributed by atoms with Crippen LogP contribution in [0, 0.1) is 10.1 Å². The van der Waals surface area contributed by atoms with Gasteiger partial charge in [0.2, 0.25) is 0 Å². The number of aliphatic hydroxyl groups is 1. The quantitative estimate of drug-likeness (QED) is 0.0179. The van der Waals surface area contributed by atoms with Crippen molar-refractivity contribution in [3.63, 3.8) is 0 Å². The Bertz CT molecular complexity index is 2760. The summed E-state index contributed by atoms with van der Waals surface area (Å²) in [7, 11) is 0.458. The number of ether oxygens (including phenoxy) is 5. The third kappa shape index (κ3) is 11.7. The molecule has 2 fully saturated rings. The first-order valence-corrected chi connectivity index (χ1v) is 27.2. The minimum absolute atomic E-state index is 0.0339. The molecular weight excluding hydrogens is 955 g/mol. The van der Waals surface area contributed by atoms with Crippen LogP contribution in [0.2, 0.25) is 18.1 Å². The summed E-state index contributed by atoms with van der Waals surface area (Å²) in [5.74, 6) is 0.567. The zero-order valence-electron chi connectivity index (χ0n) is 43.5. The number of hydroxylamine groups is 2. The smallest absolute Gasteiger partial charge is 0.330 e. The standard InChI is InChI=1S/C54H69N5O13Si/c1-51(2,3)73(10,11)72-46-45(60)44(33-69-54(36-18-13-12-14-19-36,37-21-25-40(66-8)26-22-37)38-23-27-41(67-9)28-24-38)71-49(46)57-31-42(48(62)56-50(57)63)47(61)55-39-29-52(4,5)59(53(6,7)30-39)70-34-68-32-35-17-15-16-20-43(35)58(64)65/h12-28,31,39,44-46,49,60H,29-30,32-34H2,1-11H3,(H,55,61)(H,56,62,63). The number of benzene rings is 4. The first kappa shape index (κ1) is 54.7. The molecule has 19 heteroatoms. The normalized spacial score (nSPS) is 20.4. The van der Waals surface area contributed by atoms with Gasteiger partial charge in [-0.1, -0.05) is 87.5 Å². The van der Waals surface area contributed by atoms with Crippen LogP contribution in [0.1, 0.15) is 100 Å². The molecule has 3 N–H and O–H groups in total. The molecule has 4 unspecified atom stereocenters. The van der Waals surface area contributed by atoms with Gasteiger partial charge >= 0.3 is 5.69 Å². The molecule has 2 saturated heterocycles. The summed E-state index contributed by atoms with van der Waals surface area (Å²) in [5.41, 5.74) is -2.08. The van der Waals surface area contributed by atoms with Gasteiger partial charge in [-0.15, -0.1) is 0 Å². The Balaban J connectivity index is 1.16. The summed E-state index contributed by atoms with van der Waals surface area (Å²) in [4.78, 5) is 61.4. The van der Waals surface area contributed by atoms with E-state index in [-0.39, 0.29) is 36.3 Å². The number of methoxy groups -OCH3 is 2. The number of rotatable bonds is 19. The second kappa shape index (κ2) is 21.8. The molecule has 2 aliphatic heterocycles. The molecule has 1 aromatic heterocycles. The van der Waals surface area contributed by atoms with Gasteiger partial charge in [0.25, 0.3) is 17.2 Å². The molecule has 5 aromatic rings. The number of aliphatic hydroxyl groups excluding tert-OH is 1. The molecule has 2 aliphatic rings. The number of carbonyl (C=O) groups is 1. The molecular formula is C54H69N5O13Si. The largest absolute Gasteiger partial charge is 0.497 e. The maximum atomic E-state index is 14.3. The number of hydrogen-bond donors (Lipinski definition) is 3. The molecule has 7 rings (SSSR count). The van der Waals surface area contributed by atoms with Crippen LogP contribution in [0.25, 0.3) is 0 Å². The Morgan fingerprint density at radius 2 is 1.41 bits per heavy atom. The van der Waals surface area contributed by atoms with Crippen molar-refractivity contribution in [2.24, 2.45) is 0 Å². The molecule has 0 bridgehead atoms. The summed E-state index contributed by atoms with van der Waals surface area (Å²) >= 11 is 0. The number of carbonyl (C=O) groups excluding carboxylic acids is 1. The molecule has 73 heavy (non-hydrogen) atoms. The Morgan fingerprint density at radius 1 is 0.863 bits per heavy atom. The number of hydrogen-bond acceptors (Lipinski definition) is 14. The number of nitrogens with zero attached hydrogens (tertiary/aromatic N) is 3. The summed E-state index contributed by atoms with van der Waals surface area (Å²) in [6.07, 6.45) is -2.93. The summed E-state index contributed by atoms with van der Waals surface area (Å²) in [6, 6.07) is 30.6. The van der Waals surface area contributed by atoms with Crippen molar-refractivity contribution in [2.75, 3.05) is 27.6 Å². The molecule has 4 aromatic carbocycles. The third-order valence-electron chi connectivity index (χ3n) is 14.3. The van der Waals surface area contributed by atoms with Crippen molar-refractivity contribution in [1.82, 2.24) is 19.9 Å². The number of piperidine rings is 1. The maximum absolute atomic E-state index is 14.3. The second-order valence-electron chi connectivity index (χ2n) is 21.4. The van der Waals surface area contributed by atoms with E-state index in [9.17, 15) is 29.6 Å². The van der Waals surface area contributed by atoms with Crippen LogP contribution < -0.4 is 26.0 Å². The number of amides is 1. The molecule has 4 atom stereocenters. The fourth-order valence-electron chi connectivity index (χ4n) is 9.87. The van der Waals surface area contributed by atoms with Crippen molar-refractivity contribution in [1.29, 1.82) is 0 Å². The number of aromatic nitrogens is 2. The molecule has 1 amide bonds. The maximum Gasteiger partial charge on any atom is 0.330 e. The van der Waals surface area contributed by atoms with Crippen LogP contribution in [0.4, 0.5) is 5.69 Å². The van der Waals surface area contributed by atoms with Gasteiger partial charge in [-0.25, -0.2) is 4.79 Å². The van der Waals surface area contributed by atoms with Gasteiger partial charge in [-0.3, -0.25) is 34.1 Å². The van der Waals surface area contributed by atoms with E-state index in [1.54, 1.807) is 37.5 Å². The highest BCUT2D eigenvalue weighted by molar-refractivity contribution is 6.74. The van der Waals surface area contributed by atoms with Gasteiger partial charge in [0.05, 0.1) is 37.9 Å². The Kier molecular flexibility index (Phi) is 16.4. The Morgan fingerprint density at radius 3 is 1.96 bits per heavy atom. The summed E-state index contributed by atoms with van der Waals surface area (Å²) in [6.45, 7) is 17.6. The third-order valence-corrected chi connectivity index (χ3v) is 18.8. The van der Waals surface area contributed by atoms with Crippen LogP contribution in [-0.2, 0) is 35.7 Å². The van der Waals surface area contributed by atoms with Gasteiger partial charge in [-0.2, -0.15) is 5.06 Å².